The summed E-state index contributed by atoms with van der Waals surface area (Å²) in [7, 11) is 0. The number of hydrogen-bond acceptors (Lipinski definition) is 1. The van der Waals surface area contributed by atoms with Crippen molar-refractivity contribution in [1.82, 2.24) is 0 Å². The summed E-state index contributed by atoms with van der Waals surface area (Å²) < 4.78 is 0. The zero-order valence-electron chi connectivity index (χ0n) is 11.5. The van der Waals surface area contributed by atoms with Gasteiger partial charge in [0.05, 0.1) is 0 Å². The summed E-state index contributed by atoms with van der Waals surface area (Å²) in [4.78, 5) is 0. The number of thioether (sulfide) groups is 1. The van der Waals surface area contributed by atoms with Gasteiger partial charge in [0.25, 0.3) is 0 Å². The van der Waals surface area contributed by atoms with Crippen LogP contribution in [0.15, 0.2) is 0 Å². The van der Waals surface area contributed by atoms with Gasteiger partial charge in [-0.25, -0.2) is 0 Å². The second-order valence-electron chi connectivity index (χ2n) is 5.28. The first-order valence-electron chi connectivity index (χ1n) is 6.68. The second kappa shape index (κ2) is 8.50. The topological polar surface area (TPSA) is 0 Å². The van der Waals surface area contributed by atoms with Crippen LogP contribution in [0.1, 0.15) is 67.2 Å². The lowest BCUT2D eigenvalue weighted by atomic mass is 10.1. The molecule has 0 rings (SSSR count). The van der Waals surface area contributed by atoms with Gasteiger partial charge in [0.15, 0.2) is 0 Å². The number of rotatable bonds is 8. The summed E-state index contributed by atoms with van der Waals surface area (Å²) >= 11 is 2.26. The van der Waals surface area contributed by atoms with Crippen LogP contribution in [0, 0.1) is 11.8 Å². The predicted octanol–water partition coefficient (Wildman–Crippen LogP) is 5.37. The van der Waals surface area contributed by atoms with Crippen LogP contribution in [-0.4, -0.2) is 10.5 Å². The van der Waals surface area contributed by atoms with Crippen molar-refractivity contribution in [3.05, 3.63) is 0 Å². The highest BCUT2D eigenvalue weighted by Gasteiger charge is 2.20. The molecule has 0 aliphatic rings. The highest BCUT2D eigenvalue weighted by molar-refractivity contribution is 8.00. The van der Waals surface area contributed by atoms with E-state index in [1.54, 1.807) is 0 Å². The van der Waals surface area contributed by atoms with Gasteiger partial charge in [0, 0.05) is 10.5 Å². The maximum absolute atomic E-state index is 2.37. The van der Waals surface area contributed by atoms with Crippen molar-refractivity contribution in [2.24, 2.45) is 11.8 Å². The standard InChI is InChI=1S/C14H30S/c1-7-9-13(11(3)4)15-14(10-8-2)12(5)6/h11-14H,7-10H2,1-6H3. The normalized spacial score (nSPS) is 16.0. The molecular formula is C14H30S. The monoisotopic (exact) mass is 230 g/mol. The molecule has 1 heteroatoms. The summed E-state index contributed by atoms with van der Waals surface area (Å²) in [6.07, 6.45) is 5.42. The molecule has 0 saturated heterocycles. The second-order valence-corrected chi connectivity index (χ2v) is 6.76. The Kier molecular flexibility index (Phi) is 8.69. The molecule has 0 aromatic heterocycles. The lowest BCUT2D eigenvalue weighted by Crippen LogP contribution is -2.20. The van der Waals surface area contributed by atoms with E-state index in [1.807, 2.05) is 0 Å². The maximum atomic E-state index is 2.37. The molecule has 0 saturated carbocycles. The molecule has 0 heterocycles. The van der Waals surface area contributed by atoms with Gasteiger partial charge in [-0.15, -0.1) is 0 Å². The zero-order valence-corrected chi connectivity index (χ0v) is 12.4. The first-order chi connectivity index (χ1) is 7.02. The molecule has 0 spiro atoms. The van der Waals surface area contributed by atoms with Gasteiger partial charge in [-0.2, -0.15) is 11.8 Å². The maximum Gasteiger partial charge on any atom is 0.00728 e. The Bertz CT molecular complexity index is 124. The van der Waals surface area contributed by atoms with Gasteiger partial charge in [0.2, 0.25) is 0 Å². The summed E-state index contributed by atoms with van der Waals surface area (Å²) in [5, 5.41) is 1.74. The lowest BCUT2D eigenvalue weighted by Gasteiger charge is -2.28. The average Bonchev–Trinajstić information content (AvgIpc) is 2.15. The van der Waals surface area contributed by atoms with Gasteiger partial charge in [0.1, 0.15) is 0 Å². The van der Waals surface area contributed by atoms with E-state index in [2.05, 4.69) is 53.3 Å². The van der Waals surface area contributed by atoms with Crippen LogP contribution in [0.4, 0.5) is 0 Å². The van der Waals surface area contributed by atoms with Crippen molar-refractivity contribution in [2.45, 2.75) is 77.7 Å². The molecule has 0 fully saturated rings. The molecule has 0 amide bonds. The molecule has 92 valence electrons. The quantitative estimate of drug-likeness (QED) is 0.540. The van der Waals surface area contributed by atoms with E-state index in [9.17, 15) is 0 Å². The Morgan fingerprint density at radius 3 is 1.27 bits per heavy atom. The smallest absolute Gasteiger partial charge is 0.00728 e. The fourth-order valence-corrected chi connectivity index (χ4v) is 3.73. The van der Waals surface area contributed by atoms with E-state index < -0.39 is 0 Å². The minimum absolute atomic E-state index is 0.827. The van der Waals surface area contributed by atoms with E-state index in [0.29, 0.717) is 0 Å². The van der Waals surface area contributed by atoms with Crippen LogP contribution in [0.5, 0.6) is 0 Å². The Morgan fingerprint density at radius 2 is 1.07 bits per heavy atom. The highest BCUT2D eigenvalue weighted by atomic mass is 32.2. The molecule has 15 heavy (non-hydrogen) atoms. The van der Waals surface area contributed by atoms with Gasteiger partial charge < -0.3 is 0 Å². The fourth-order valence-electron chi connectivity index (χ4n) is 1.91. The molecule has 0 aliphatic carbocycles. The van der Waals surface area contributed by atoms with E-state index in [1.165, 1.54) is 25.7 Å². The van der Waals surface area contributed by atoms with Crippen molar-refractivity contribution >= 4 is 11.8 Å². The molecule has 0 aromatic carbocycles. The summed E-state index contributed by atoms with van der Waals surface area (Å²) in [5.41, 5.74) is 0. The third kappa shape index (κ3) is 6.50. The first-order valence-corrected chi connectivity index (χ1v) is 7.62. The minimum Gasteiger partial charge on any atom is -0.155 e. The van der Waals surface area contributed by atoms with Gasteiger partial charge in [-0.05, 0) is 24.7 Å². The van der Waals surface area contributed by atoms with Crippen LogP contribution in [-0.2, 0) is 0 Å². The Morgan fingerprint density at radius 1 is 0.733 bits per heavy atom. The SMILES string of the molecule is CCCC(SC(CCC)C(C)C)C(C)C. The Hall–Kier alpha value is 0.350. The zero-order chi connectivity index (χ0) is 11.8. The molecule has 2 atom stereocenters. The summed E-state index contributed by atoms with van der Waals surface area (Å²) in [5.74, 6) is 1.65. The van der Waals surface area contributed by atoms with Gasteiger partial charge >= 0.3 is 0 Å². The Labute approximate surface area is 102 Å². The summed E-state index contributed by atoms with van der Waals surface area (Å²) in [6, 6.07) is 0. The van der Waals surface area contributed by atoms with Crippen molar-refractivity contribution in [2.75, 3.05) is 0 Å². The molecule has 0 bridgehead atoms. The molecular weight excluding hydrogens is 200 g/mol. The molecule has 0 radical (unpaired) electrons. The van der Waals surface area contributed by atoms with Crippen molar-refractivity contribution in [3.63, 3.8) is 0 Å². The van der Waals surface area contributed by atoms with Gasteiger partial charge in [-0.1, -0.05) is 54.4 Å². The molecule has 2 unspecified atom stereocenters. The highest BCUT2D eigenvalue weighted by Crippen LogP contribution is 2.33. The molecule has 0 N–H and O–H groups in total. The third-order valence-corrected chi connectivity index (χ3v) is 5.24. The summed E-state index contributed by atoms with van der Waals surface area (Å²) in [6.45, 7) is 14.1. The van der Waals surface area contributed by atoms with E-state index >= 15 is 0 Å². The van der Waals surface area contributed by atoms with Crippen LogP contribution >= 0.6 is 11.8 Å². The van der Waals surface area contributed by atoms with E-state index in [4.69, 9.17) is 0 Å². The van der Waals surface area contributed by atoms with Crippen LogP contribution in [0.25, 0.3) is 0 Å². The van der Waals surface area contributed by atoms with Crippen LogP contribution < -0.4 is 0 Å². The van der Waals surface area contributed by atoms with Gasteiger partial charge in [-0.3, -0.25) is 0 Å². The van der Waals surface area contributed by atoms with Crippen LogP contribution in [0.2, 0.25) is 0 Å². The van der Waals surface area contributed by atoms with Crippen molar-refractivity contribution < 1.29 is 0 Å². The van der Waals surface area contributed by atoms with Crippen molar-refractivity contribution in [3.8, 4) is 0 Å². The largest absolute Gasteiger partial charge is 0.155 e. The minimum atomic E-state index is 0.827. The van der Waals surface area contributed by atoms with Crippen molar-refractivity contribution in [1.29, 1.82) is 0 Å². The van der Waals surface area contributed by atoms with Crippen LogP contribution in [0.3, 0.4) is 0 Å². The molecule has 0 aromatic rings. The lowest BCUT2D eigenvalue weighted by molar-refractivity contribution is 0.536. The first kappa shape index (κ1) is 15.3. The predicted molar refractivity (Wildman–Crippen MR) is 74.7 cm³/mol. The third-order valence-electron chi connectivity index (χ3n) is 2.98. The fraction of sp³-hybridized carbons (Fsp3) is 1.00. The van der Waals surface area contributed by atoms with E-state index in [0.717, 1.165) is 22.3 Å². The van der Waals surface area contributed by atoms with E-state index in [-0.39, 0.29) is 0 Å². The average molecular weight is 230 g/mol. The molecule has 0 aliphatic heterocycles. The molecule has 0 nitrogen and oxygen atoms in total. The number of hydrogen-bond donors (Lipinski definition) is 0. The Balaban J connectivity index is 4.19.